The summed E-state index contributed by atoms with van der Waals surface area (Å²) in [6.07, 6.45) is 2.07. The predicted octanol–water partition coefficient (Wildman–Crippen LogP) is 1.93. The van der Waals surface area contributed by atoms with Gasteiger partial charge in [-0.3, -0.25) is 0 Å². The molecule has 1 fully saturated rings. The van der Waals surface area contributed by atoms with E-state index in [1.54, 1.807) is 4.90 Å². The maximum Gasteiger partial charge on any atom is 0.326 e. The molecule has 0 aromatic heterocycles. The van der Waals surface area contributed by atoms with Crippen LogP contribution in [0.2, 0.25) is 0 Å². The van der Waals surface area contributed by atoms with E-state index in [0.29, 0.717) is 5.92 Å². The van der Waals surface area contributed by atoms with Crippen molar-refractivity contribution in [3.8, 4) is 0 Å². The molecule has 5 heteroatoms. The maximum absolute atomic E-state index is 12.0. The quantitative estimate of drug-likeness (QED) is 0.810. The number of carbonyl (C=O) groups is 2. The number of carboxylic acids is 1. The van der Waals surface area contributed by atoms with Crippen LogP contribution < -0.4 is 5.32 Å². The molecule has 0 aliphatic carbocycles. The number of likely N-dealkylation sites (tertiary alicyclic amines) is 1. The van der Waals surface area contributed by atoms with Crippen LogP contribution >= 0.6 is 0 Å². The molecule has 0 bridgehead atoms. The second-order valence-corrected chi connectivity index (χ2v) is 6.10. The average molecular weight is 256 g/mol. The number of hydrogen-bond acceptors (Lipinski definition) is 2. The third-order valence-electron chi connectivity index (χ3n) is 3.53. The van der Waals surface area contributed by atoms with Gasteiger partial charge in [-0.15, -0.1) is 0 Å². The van der Waals surface area contributed by atoms with Crippen LogP contribution in [0.25, 0.3) is 0 Å². The molecular formula is C13H24N2O3. The van der Waals surface area contributed by atoms with E-state index in [0.717, 1.165) is 25.9 Å². The van der Waals surface area contributed by atoms with Crippen molar-refractivity contribution in [2.45, 2.75) is 46.6 Å². The summed E-state index contributed by atoms with van der Waals surface area (Å²) < 4.78 is 0. The number of carbonyl (C=O) groups excluding carboxylic acids is 1. The number of amides is 2. The van der Waals surface area contributed by atoms with Gasteiger partial charge < -0.3 is 15.3 Å². The van der Waals surface area contributed by atoms with Gasteiger partial charge in [-0.25, -0.2) is 9.59 Å². The van der Waals surface area contributed by atoms with Gasteiger partial charge in [0.2, 0.25) is 0 Å². The van der Waals surface area contributed by atoms with Crippen LogP contribution in [0.4, 0.5) is 4.79 Å². The SMILES string of the molecule is CCC1CCN(C(=O)N[C@H](C(=O)O)C(C)(C)C)C1. The number of urea groups is 1. The molecular weight excluding hydrogens is 232 g/mol. The molecule has 2 atom stereocenters. The Kier molecular flexibility index (Phi) is 4.59. The standard InChI is InChI=1S/C13H24N2O3/c1-5-9-6-7-15(8-9)12(18)14-10(11(16)17)13(2,3)4/h9-10H,5-8H2,1-4H3,(H,14,18)(H,16,17)/t9?,10-/m1/s1. The van der Waals surface area contributed by atoms with E-state index in [1.807, 2.05) is 20.8 Å². The van der Waals surface area contributed by atoms with Crippen molar-refractivity contribution in [2.24, 2.45) is 11.3 Å². The highest BCUT2D eigenvalue weighted by molar-refractivity contribution is 5.83. The Bertz CT molecular complexity index is 323. The van der Waals surface area contributed by atoms with Crippen LogP contribution in [-0.2, 0) is 4.79 Å². The summed E-state index contributed by atoms with van der Waals surface area (Å²) in [5.41, 5.74) is -0.495. The molecule has 5 nitrogen and oxygen atoms in total. The first-order valence-corrected chi connectivity index (χ1v) is 6.54. The highest BCUT2D eigenvalue weighted by atomic mass is 16.4. The molecule has 0 aromatic rings. The normalized spacial score (nSPS) is 21.8. The van der Waals surface area contributed by atoms with Crippen LogP contribution in [0, 0.1) is 11.3 Å². The maximum atomic E-state index is 12.0. The lowest BCUT2D eigenvalue weighted by Gasteiger charge is -2.29. The fraction of sp³-hybridized carbons (Fsp3) is 0.846. The van der Waals surface area contributed by atoms with E-state index >= 15 is 0 Å². The molecule has 1 heterocycles. The Morgan fingerprint density at radius 1 is 1.44 bits per heavy atom. The van der Waals surface area contributed by atoms with Gasteiger partial charge in [0.15, 0.2) is 0 Å². The minimum Gasteiger partial charge on any atom is -0.480 e. The number of hydrogen-bond donors (Lipinski definition) is 2. The molecule has 0 spiro atoms. The van der Waals surface area contributed by atoms with Gasteiger partial charge in [0.05, 0.1) is 0 Å². The van der Waals surface area contributed by atoms with Crippen molar-refractivity contribution >= 4 is 12.0 Å². The molecule has 2 N–H and O–H groups in total. The van der Waals surface area contributed by atoms with E-state index in [9.17, 15) is 9.59 Å². The van der Waals surface area contributed by atoms with Crippen molar-refractivity contribution in [1.82, 2.24) is 10.2 Å². The first-order chi connectivity index (χ1) is 8.25. The molecule has 1 unspecified atom stereocenters. The summed E-state index contributed by atoms with van der Waals surface area (Å²) in [7, 11) is 0. The van der Waals surface area contributed by atoms with Crippen molar-refractivity contribution < 1.29 is 14.7 Å². The van der Waals surface area contributed by atoms with Gasteiger partial charge in [0.25, 0.3) is 0 Å². The van der Waals surface area contributed by atoms with Gasteiger partial charge in [-0.05, 0) is 17.8 Å². The lowest BCUT2D eigenvalue weighted by atomic mass is 9.87. The van der Waals surface area contributed by atoms with Gasteiger partial charge in [0.1, 0.15) is 6.04 Å². The number of rotatable bonds is 3. The molecule has 0 aromatic carbocycles. The largest absolute Gasteiger partial charge is 0.480 e. The molecule has 0 saturated carbocycles. The molecule has 1 saturated heterocycles. The number of nitrogens with one attached hydrogen (secondary N) is 1. The zero-order valence-corrected chi connectivity index (χ0v) is 11.7. The van der Waals surface area contributed by atoms with E-state index in [2.05, 4.69) is 12.2 Å². The molecule has 1 aliphatic rings. The highest BCUT2D eigenvalue weighted by Crippen LogP contribution is 2.22. The fourth-order valence-electron chi connectivity index (χ4n) is 2.21. The number of aliphatic carboxylic acids is 1. The summed E-state index contributed by atoms with van der Waals surface area (Å²) >= 11 is 0. The Balaban J connectivity index is 2.60. The Morgan fingerprint density at radius 2 is 2.06 bits per heavy atom. The van der Waals surface area contributed by atoms with Gasteiger partial charge in [0, 0.05) is 13.1 Å². The first kappa shape index (κ1) is 14.8. The second-order valence-electron chi connectivity index (χ2n) is 6.10. The smallest absolute Gasteiger partial charge is 0.326 e. The van der Waals surface area contributed by atoms with Gasteiger partial charge in [-0.1, -0.05) is 34.1 Å². The fourth-order valence-corrected chi connectivity index (χ4v) is 2.21. The predicted molar refractivity (Wildman–Crippen MR) is 69.4 cm³/mol. The van der Waals surface area contributed by atoms with Crippen LogP contribution in [0.5, 0.6) is 0 Å². The van der Waals surface area contributed by atoms with Crippen LogP contribution in [0.15, 0.2) is 0 Å². The van der Waals surface area contributed by atoms with Crippen LogP contribution in [-0.4, -0.2) is 41.1 Å². The summed E-state index contributed by atoms with van der Waals surface area (Å²) in [5, 5.41) is 11.8. The van der Waals surface area contributed by atoms with Crippen molar-refractivity contribution in [3.63, 3.8) is 0 Å². The topological polar surface area (TPSA) is 69.6 Å². The zero-order chi connectivity index (χ0) is 13.9. The van der Waals surface area contributed by atoms with Crippen LogP contribution in [0.1, 0.15) is 40.5 Å². The third-order valence-corrected chi connectivity index (χ3v) is 3.53. The molecule has 18 heavy (non-hydrogen) atoms. The summed E-state index contributed by atoms with van der Waals surface area (Å²) in [6, 6.07) is -1.11. The van der Waals surface area contributed by atoms with Crippen molar-refractivity contribution in [1.29, 1.82) is 0 Å². The third kappa shape index (κ3) is 3.62. The minimum atomic E-state index is -0.984. The van der Waals surface area contributed by atoms with E-state index in [4.69, 9.17) is 5.11 Å². The first-order valence-electron chi connectivity index (χ1n) is 6.54. The Hall–Kier alpha value is -1.26. The summed E-state index contributed by atoms with van der Waals surface area (Å²) in [6.45, 7) is 9.00. The van der Waals surface area contributed by atoms with E-state index < -0.39 is 17.4 Å². The van der Waals surface area contributed by atoms with E-state index in [-0.39, 0.29) is 6.03 Å². The molecule has 1 rings (SSSR count). The van der Waals surface area contributed by atoms with E-state index in [1.165, 1.54) is 0 Å². The summed E-state index contributed by atoms with van der Waals surface area (Å²) in [5.74, 6) is -0.434. The zero-order valence-electron chi connectivity index (χ0n) is 11.7. The molecule has 0 radical (unpaired) electrons. The van der Waals surface area contributed by atoms with Crippen molar-refractivity contribution in [2.75, 3.05) is 13.1 Å². The lowest BCUT2D eigenvalue weighted by Crippen LogP contribution is -2.52. The van der Waals surface area contributed by atoms with Gasteiger partial charge >= 0.3 is 12.0 Å². The summed E-state index contributed by atoms with van der Waals surface area (Å²) in [4.78, 5) is 24.9. The van der Waals surface area contributed by atoms with Crippen molar-refractivity contribution in [3.05, 3.63) is 0 Å². The Morgan fingerprint density at radius 3 is 2.44 bits per heavy atom. The Labute approximate surface area is 109 Å². The monoisotopic (exact) mass is 256 g/mol. The average Bonchev–Trinajstić information content (AvgIpc) is 2.71. The van der Waals surface area contributed by atoms with Gasteiger partial charge in [-0.2, -0.15) is 0 Å². The van der Waals surface area contributed by atoms with Crippen LogP contribution in [0.3, 0.4) is 0 Å². The lowest BCUT2D eigenvalue weighted by molar-refractivity contribution is -0.142. The highest BCUT2D eigenvalue weighted by Gasteiger charge is 2.35. The molecule has 2 amide bonds. The molecule has 1 aliphatic heterocycles. The number of nitrogens with zero attached hydrogens (tertiary/aromatic N) is 1. The second kappa shape index (κ2) is 5.59. The minimum absolute atomic E-state index is 0.256. The molecule has 104 valence electrons. The number of carboxylic acid groups (broad SMARTS) is 1.